The maximum absolute atomic E-state index is 10.1. The normalized spacial score (nSPS) is 17.4. The van der Waals surface area contributed by atoms with Gasteiger partial charge in [-0.25, -0.2) is 0 Å². The number of aliphatic hydroxyl groups is 1. The van der Waals surface area contributed by atoms with E-state index in [0.29, 0.717) is 6.54 Å². The molecule has 0 radical (unpaired) electrons. The van der Waals surface area contributed by atoms with Crippen molar-refractivity contribution in [2.24, 2.45) is 7.05 Å². The molecule has 19 heavy (non-hydrogen) atoms. The molecular formula is C14H19N3OS. The fraction of sp³-hybridized carbons (Fsp3) is 0.500. The zero-order valence-electron chi connectivity index (χ0n) is 11.1. The Hall–Kier alpha value is -1.17. The number of aryl methyl sites for hydroxylation is 1. The molecule has 0 bridgehead atoms. The van der Waals surface area contributed by atoms with Gasteiger partial charge < -0.3 is 10.4 Å². The highest BCUT2D eigenvalue weighted by Crippen LogP contribution is 2.31. The lowest BCUT2D eigenvalue weighted by Crippen LogP contribution is -2.45. The van der Waals surface area contributed by atoms with E-state index in [4.69, 9.17) is 0 Å². The molecular weight excluding hydrogens is 258 g/mol. The van der Waals surface area contributed by atoms with Gasteiger partial charge in [-0.05, 0) is 30.7 Å². The van der Waals surface area contributed by atoms with E-state index >= 15 is 0 Å². The molecule has 2 heterocycles. The van der Waals surface area contributed by atoms with Crippen molar-refractivity contribution in [1.29, 1.82) is 0 Å². The molecule has 1 aliphatic carbocycles. The summed E-state index contributed by atoms with van der Waals surface area (Å²) in [6.07, 6.45) is 5.04. The van der Waals surface area contributed by atoms with Gasteiger partial charge in [-0.2, -0.15) is 5.10 Å². The van der Waals surface area contributed by atoms with Gasteiger partial charge in [-0.3, -0.25) is 4.68 Å². The predicted molar refractivity (Wildman–Crippen MR) is 77.0 cm³/mol. The Kier molecular flexibility index (Phi) is 3.43. The van der Waals surface area contributed by atoms with Crippen LogP contribution in [0.3, 0.4) is 0 Å². The molecule has 0 unspecified atom stereocenters. The van der Waals surface area contributed by atoms with Crippen LogP contribution < -0.4 is 5.32 Å². The summed E-state index contributed by atoms with van der Waals surface area (Å²) >= 11 is 1.71. The van der Waals surface area contributed by atoms with Crippen molar-refractivity contribution in [3.05, 3.63) is 29.3 Å². The number of thiophene rings is 1. The standard InChI is InChI=1S/C14H19N3OS/c1-17-9-11(8-15-10-14(18)5-3-6-14)13(16-17)12-4-2-7-19-12/h2,4,7,9,15,18H,3,5-6,8,10H2,1H3. The van der Waals surface area contributed by atoms with Crippen LogP contribution in [-0.4, -0.2) is 27.0 Å². The molecule has 0 atom stereocenters. The molecule has 0 amide bonds. The van der Waals surface area contributed by atoms with E-state index in [1.807, 2.05) is 24.0 Å². The van der Waals surface area contributed by atoms with Crippen LogP contribution in [0.4, 0.5) is 0 Å². The maximum Gasteiger partial charge on any atom is 0.107 e. The Balaban J connectivity index is 1.67. The van der Waals surface area contributed by atoms with Crippen LogP contribution in [0.5, 0.6) is 0 Å². The van der Waals surface area contributed by atoms with Gasteiger partial charge in [0.05, 0.1) is 10.5 Å². The summed E-state index contributed by atoms with van der Waals surface area (Å²) < 4.78 is 1.85. The first-order valence-corrected chi connectivity index (χ1v) is 7.54. The summed E-state index contributed by atoms with van der Waals surface area (Å²) in [4.78, 5) is 1.19. The smallest absolute Gasteiger partial charge is 0.107 e. The zero-order chi connectivity index (χ0) is 13.3. The van der Waals surface area contributed by atoms with E-state index in [0.717, 1.165) is 31.5 Å². The van der Waals surface area contributed by atoms with Gasteiger partial charge in [-0.15, -0.1) is 11.3 Å². The predicted octanol–water partition coefficient (Wildman–Crippen LogP) is 2.15. The third kappa shape index (κ3) is 2.73. The average molecular weight is 277 g/mol. The highest BCUT2D eigenvalue weighted by molar-refractivity contribution is 7.13. The van der Waals surface area contributed by atoms with E-state index in [1.54, 1.807) is 11.3 Å². The van der Waals surface area contributed by atoms with Crippen molar-refractivity contribution < 1.29 is 5.11 Å². The topological polar surface area (TPSA) is 50.1 Å². The highest BCUT2D eigenvalue weighted by Gasteiger charge is 2.33. The van der Waals surface area contributed by atoms with Gasteiger partial charge in [0.15, 0.2) is 0 Å². The Morgan fingerprint density at radius 2 is 2.37 bits per heavy atom. The molecule has 3 rings (SSSR count). The molecule has 0 aliphatic heterocycles. The largest absolute Gasteiger partial charge is 0.389 e. The average Bonchev–Trinajstić information content (AvgIpc) is 2.96. The number of hydrogen-bond donors (Lipinski definition) is 2. The second kappa shape index (κ2) is 5.07. The molecule has 2 aromatic rings. The first-order chi connectivity index (χ1) is 9.16. The van der Waals surface area contributed by atoms with E-state index in [1.165, 1.54) is 10.4 Å². The molecule has 2 N–H and O–H groups in total. The Morgan fingerprint density at radius 1 is 1.53 bits per heavy atom. The lowest BCUT2D eigenvalue weighted by Gasteiger charge is -2.36. The summed E-state index contributed by atoms with van der Waals surface area (Å²) in [5.41, 5.74) is 1.77. The fourth-order valence-corrected chi connectivity index (χ4v) is 3.22. The van der Waals surface area contributed by atoms with Crippen LogP contribution in [0, 0.1) is 0 Å². The third-order valence-corrected chi connectivity index (χ3v) is 4.59. The molecule has 1 saturated carbocycles. The summed E-state index contributed by atoms with van der Waals surface area (Å²) in [5.74, 6) is 0. The molecule has 1 aliphatic rings. The van der Waals surface area contributed by atoms with Crippen LogP contribution in [0.2, 0.25) is 0 Å². The number of nitrogens with one attached hydrogen (secondary N) is 1. The summed E-state index contributed by atoms with van der Waals surface area (Å²) in [6.45, 7) is 1.43. The maximum atomic E-state index is 10.1. The van der Waals surface area contributed by atoms with Crippen LogP contribution >= 0.6 is 11.3 Å². The molecule has 0 saturated heterocycles. The minimum absolute atomic E-state index is 0.467. The van der Waals surface area contributed by atoms with Crippen LogP contribution in [0.15, 0.2) is 23.7 Å². The molecule has 102 valence electrons. The van der Waals surface area contributed by atoms with Crippen molar-refractivity contribution >= 4 is 11.3 Å². The van der Waals surface area contributed by atoms with Gasteiger partial charge in [0, 0.05) is 31.9 Å². The van der Waals surface area contributed by atoms with E-state index in [-0.39, 0.29) is 0 Å². The van der Waals surface area contributed by atoms with E-state index < -0.39 is 5.60 Å². The highest BCUT2D eigenvalue weighted by atomic mass is 32.1. The Morgan fingerprint density at radius 3 is 3.00 bits per heavy atom. The van der Waals surface area contributed by atoms with Gasteiger partial charge in [-0.1, -0.05) is 6.07 Å². The number of hydrogen-bond acceptors (Lipinski definition) is 4. The summed E-state index contributed by atoms with van der Waals surface area (Å²) in [5, 5.41) is 20.0. The molecule has 5 heteroatoms. The molecule has 1 fully saturated rings. The molecule has 0 aromatic carbocycles. The number of nitrogens with zero attached hydrogens (tertiary/aromatic N) is 2. The lowest BCUT2D eigenvalue weighted by molar-refractivity contribution is -0.0314. The van der Waals surface area contributed by atoms with Crippen molar-refractivity contribution in [2.75, 3.05) is 6.54 Å². The van der Waals surface area contributed by atoms with Crippen LogP contribution in [0.25, 0.3) is 10.6 Å². The van der Waals surface area contributed by atoms with Crippen molar-refractivity contribution in [3.8, 4) is 10.6 Å². The lowest BCUT2D eigenvalue weighted by atomic mass is 9.80. The van der Waals surface area contributed by atoms with Gasteiger partial charge in [0.25, 0.3) is 0 Å². The number of rotatable bonds is 5. The third-order valence-electron chi connectivity index (χ3n) is 3.71. The molecule has 2 aromatic heterocycles. The monoisotopic (exact) mass is 277 g/mol. The first kappa shape index (κ1) is 12.8. The molecule has 4 nitrogen and oxygen atoms in total. The fourth-order valence-electron chi connectivity index (χ4n) is 2.48. The SMILES string of the molecule is Cn1cc(CNCC2(O)CCC2)c(-c2cccs2)n1. The second-order valence-corrected chi connectivity index (χ2v) is 6.28. The van der Waals surface area contributed by atoms with Gasteiger partial charge >= 0.3 is 0 Å². The summed E-state index contributed by atoms with van der Waals surface area (Å²) in [7, 11) is 1.94. The van der Waals surface area contributed by atoms with Crippen molar-refractivity contribution in [2.45, 2.75) is 31.4 Å². The van der Waals surface area contributed by atoms with E-state index in [9.17, 15) is 5.11 Å². The minimum Gasteiger partial charge on any atom is -0.389 e. The van der Waals surface area contributed by atoms with Crippen molar-refractivity contribution in [3.63, 3.8) is 0 Å². The quantitative estimate of drug-likeness (QED) is 0.880. The number of aromatic nitrogens is 2. The first-order valence-electron chi connectivity index (χ1n) is 6.66. The summed E-state index contributed by atoms with van der Waals surface area (Å²) in [6, 6.07) is 4.14. The van der Waals surface area contributed by atoms with Crippen LogP contribution in [0.1, 0.15) is 24.8 Å². The zero-order valence-corrected chi connectivity index (χ0v) is 11.9. The van der Waals surface area contributed by atoms with Gasteiger partial charge in [0.1, 0.15) is 5.69 Å². The molecule has 0 spiro atoms. The van der Waals surface area contributed by atoms with Crippen LogP contribution in [-0.2, 0) is 13.6 Å². The Bertz CT molecular complexity index is 543. The van der Waals surface area contributed by atoms with Gasteiger partial charge in [0.2, 0.25) is 0 Å². The second-order valence-electron chi connectivity index (χ2n) is 5.34. The van der Waals surface area contributed by atoms with Crippen molar-refractivity contribution in [1.82, 2.24) is 15.1 Å². The minimum atomic E-state index is -0.467. The van der Waals surface area contributed by atoms with E-state index in [2.05, 4.69) is 21.9 Å². The Labute approximate surface area is 117 Å².